The maximum atomic E-state index is 12.4. The van der Waals surface area contributed by atoms with Crippen molar-refractivity contribution in [1.29, 1.82) is 0 Å². The Hall–Kier alpha value is -2.14. The summed E-state index contributed by atoms with van der Waals surface area (Å²) in [6, 6.07) is 9.64. The van der Waals surface area contributed by atoms with Gasteiger partial charge in [-0.05, 0) is 31.9 Å². The number of hydrogen-bond acceptors (Lipinski definition) is 4. The maximum Gasteiger partial charge on any atom is 0.228 e. The Morgan fingerprint density at radius 2 is 2.22 bits per heavy atom. The van der Waals surface area contributed by atoms with E-state index >= 15 is 0 Å². The van der Waals surface area contributed by atoms with E-state index in [0.717, 1.165) is 24.9 Å². The lowest BCUT2D eigenvalue weighted by Gasteiger charge is -2.34. The molecule has 0 saturated carbocycles. The van der Waals surface area contributed by atoms with Crippen LogP contribution in [-0.4, -0.2) is 40.1 Å². The number of carbonyl (C=O) groups excluding carboxylic acids is 1. The van der Waals surface area contributed by atoms with E-state index in [2.05, 4.69) is 4.98 Å². The Morgan fingerprint density at radius 1 is 1.43 bits per heavy atom. The fraction of sp³-hybridized carbons (Fsp3) is 0.444. The van der Waals surface area contributed by atoms with E-state index in [-0.39, 0.29) is 24.3 Å². The minimum Gasteiger partial charge on any atom is -0.444 e. The normalized spacial score (nSPS) is 19.6. The van der Waals surface area contributed by atoms with E-state index in [1.807, 2.05) is 35.2 Å². The summed E-state index contributed by atoms with van der Waals surface area (Å²) in [5, 5.41) is 9.73. The Morgan fingerprint density at radius 3 is 2.96 bits per heavy atom. The third-order valence-electron chi connectivity index (χ3n) is 4.40. The van der Waals surface area contributed by atoms with E-state index in [1.165, 1.54) is 0 Å². The molecule has 0 aliphatic carbocycles. The molecule has 2 aromatic rings. The first-order valence-corrected chi connectivity index (χ1v) is 8.09. The molecule has 1 aliphatic rings. The second-order valence-corrected chi connectivity index (χ2v) is 6.17. The van der Waals surface area contributed by atoms with Crippen molar-refractivity contribution in [2.75, 3.05) is 13.1 Å². The highest BCUT2D eigenvalue weighted by Crippen LogP contribution is 2.21. The number of likely N-dealkylation sites (tertiary alicyclic amines) is 1. The Bertz CT molecular complexity index is 651. The molecule has 1 amide bonds. The summed E-state index contributed by atoms with van der Waals surface area (Å²) >= 11 is 0. The lowest BCUT2D eigenvalue weighted by atomic mass is 9.93. The standard InChI is InChI=1S/C18H22N2O3/c1-13(21)15-8-5-9-20(11-15)17(22)10-16-12-23-18(19-16)14-6-3-2-4-7-14/h2-4,6-7,12-13,15,21H,5,8-11H2,1H3. The number of hydrogen-bond donors (Lipinski definition) is 1. The first-order valence-electron chi connectivity index (χ1n) is 8.09. The molecule has 1 aliphatic heterocycles. The summed E-state index contributed by atoms with van der Waals surface area (Å²) in [5.41, 5.74) is 1.55. The molecule has 5 heteroatoms. The fourth-order valence-electron chi connectivity index (χ4n) is 3.00. The SMILES string of the molecule is CC(O)C1CCCN(C(=O)Cc2coc(-c3ccccc3)n2)C1. The van der Waals surface area contributed by atoms with Gasteiger partial charge >= 0.3 is 0 Å². The smallest absolute Gasteiger partial charge is 0.228 e. The van der Waals surface area contributed by atoms with Crippen molar-refractivity contribution in [2.45, 2.75) is 32.3 Å². The average Bonchev–Trinajstić information content (AvgIpc) is 3.04. The van der Waals surface area contributed by atoms with Crippen molar-refractivity contribution >= 4 is 5.91 Å². The van der Waals surface area contributed by atoms with Gasteiger partial charge in [-0.1, -0.05) is 18.2 Å². The minimum absolute atomic E-state index is 0.0447. The van der Waals surface area contributed by atoms with Gasteiger partial charge in [-0.2, -0.15) is 0 Å². The summed E-state index contributed by atoms with van der Waals surface area (Å²) in [7, 11) is 0. The molecule has 2 atom stereocenters. The molecule has 1 N–H and O–H groups in total. The fourth-order valence-corrected chi connectivity index (χ4v) is 3.00. The molecule has 0 radical (unpaired) electrons. The largest absolute Gasteiger partial charge is 0.444 e. The second kappa shape index (κ2) is 6.96. The molecule has 1 aromatic carbocycles. The van der Waals surface area contributed by atoms with Crippen LogP contribution in [0.1, 0.15) is 25.5 Å². The number of oxazole rings is 1. The van der Waals surface area contributed by atoms with E-state index < -0.39 is 0 Å². The van der Waals surface area contributed by atoms with Crippen LogP contribution in [0.4, 0.5) is 0 Å². The van der Waals surface area contributed by atoms with E-state index in [9.17, 15) is 9.90 Å². The van der Waals surface area contributed by atoms with Crippen LogP contribution in [0.15, 0.2) is 41.0 Å². The minimum atomic E-state index is -0.373. The number of aromatic nitrogens is 1. The van der Waals surface area contributed by atoms with Gasteiger partial charge in [0.25, 0.3) is 0 Å². The number of rotatable bonds is 4. The lowest BCUT2D eigenvalue weighted by molar-refractivity contribution is -0.133. The zero-order chi connectivity index (χ0) is 16.2. The lowest BCUT2D eigenvalue weighted by Crippen LogP contribution is -2.43. The van der Waals surface area contributed by atoms with Gasteiger partial charge in [-0.15, -0.1) is 0 Å². The van der Waals surface area contributed by atoms with Crippen LogP contribution in [0.5, 0.6) is 0 Å². The zero-order valence-electron chi connectivity index (χ0n) is 13.3. The molecule has 2 heterocycles. The Balaban J connectivity index is 1.63. The molecular weight excluding hydrogens is 292 g/mol. The third kappa shape index (κ3) is 3.79. The predicted octanol–water partition coefficient (Wildman–Crippen LogP) is 2.50. The van der Waals surface area contributed by atoms with Crippen molar-refractivity contribution < 1.29 is 14.3 Å². The summed E-state index contributed by atoms with van der Waals surface area (Å²) in [6.45, 7) is 3.17. The highest BCUT2D eigenvalue weighted by atomic mass is 16.3. The van der Waals surface area contributed by atoms with Crippen molar-refractivity contribution in [3.05, 3.63) is 42.3 Å². The highest BCUT2D eigenvalue weighted by Gasteiger charge is 2.26. The topological polar surface area (TPSA) is 66.6 Å². The molecule has 5 nitrogen and oxygen atoms in total. The van der Waals surface area contributed by atoms with Crippen LogP contribution in [0.25, 0.3) is 11.5 Å². The first kappa shape index (κ1) is 15.7. The second-order valence-electron chi connectivity index (χ2n) is 6.17. The van der Waals surface area contributed by atoms with Gasteiger partial charge in [0, 0.05) is 24.6 Å². The predicted molar refractivity (Wildman–Crippen MR) is 86.6 cm³/mol. The number of benzene rings is 1. The van der Waals surface area contributed by atoms with Crippen molar-refractivity contribution in [3.8, 4) is 11.5 Å². The molecule has 3 rings (SSSR count). The molecule has 1 aromatic heterocycles. The maximum absolute atomic E-state index is 12.4. The van der Waals surface area contributed by atoms with Crippen molar-refractivity contribution in [2.24, 2.45) is 5.92 Å². The van der Waals surface area contributed by atoms with Gasteiger partial charge in [0.15, 0.2) is 0 Å². The van der Waals surface area contributed by atoms with Crippen LogP contribution < -0.4 is 0 Å². The molecular formula is C18H22N2O3. The average molecular weight is 314 g/mol. The number of nitrogens with zero attached hydrogens (tertiary/aromatic N) is 2. The van der Waals surface area contributed by atoms with Crippen LogP contribution in [0.3, 0.4) is 0 Å². The Labute approximate surface area is 135 Å². The molecule has 1 saturated heterocycles. The van der Waals surface area contributed by atoms with Gasteiger partial charge in [0.05, 0.1) is 18.2 Å². The third-order valence-corrected chi connectivity index (χ3v) is 4.40. The van der Waals surface area contributed by atoms with E-state index in [4.69, 9.17) is 4.42 Å². The number of amides is 1. The van der Waals surface area contributed by atoms with Crippen LogP contribution in [0, 0.1) is 5.92 Å². The molecule has 122 valence electrons. The summed E-state index contributed by atoms with van der Waals surface area (Å²) in [4.78, 5) is 18.7. The Kier molecular flexibility index (Phi) is 4.76. The van der Waals surface area contributed by atoms with Gasteiger partial charge in [-0.25, -0.2) is 4.98 Å². The van der Waals surface area contributed by atoms with Crippen molar-refractivity contribution in [3.63, 3.8) is 0 Å². The summed E-state index contributed by atoms with van der Waals surface area (Å²) in [5.74, 6) is 0.752. The number of aliphatic hydroxyl groups excluding tert-OH is 1. The summed E-state index contributed by atoms with van der Waals surface area (Å²) < 4.78 is 5.48. The van der Waals surface area contributed by atoms with Gasteiger partial charge in [0.2, 0.25) is 11.8 Å². The number of carbonyl (C=O) groups is 1. The van der Waals surface area contributed by atoms with Gasteiger partial charge in [0.1, 0.15) is 6.26 Å². The monoisotopic (exact) mass is 314 g/mol. The summed E-state index contributed by atoms with van der Waals surface area (Å²) in [6.07, 6.45) is 3.33. The van der Waals surface area contributed by atoms with Gasteiger partial charge in [-0.3, -0.25) is 4.79 Å². The number of aliphatic hydroxyl groups is 1. The molecule has 1 fully saturated rings. The van der Waals surface area contributed by atoms with Gasteiger partial charge < -0.3 is 14.4 Å². The van der Waals surface area contributed by atoms with E-state index in [1.54, 1.807) is 13.2 Å². The highest BCUT2D eigenvalue weighted by molar-refractivity contribution is 5.78. The first-order chi connectivity index (χ1) is 11.1. The molecule has 0 spiro atoms. The quantitative estimate of drug-likeness (QED) is 0.941. The van der Waals surface area contributed by atoms with Crippen LogP contribution in [-0.2, 0) is 11.2 Å². The van der Waals surface area contributed by atoms with Crippen LogP contribution >= 0.6 is 0 Å². The molecule has 2 unspecified atom stereocenters. The zero-order valence-corrected chi connectivity index (χ0v) is 13.3. The molecule has 0 bridgehead atoms. The van der Waals surface area contributed by atoms with E-state index in [0.29, 0.717) is 18.1 Å². The van der Waals surface area contributed by atoms with Crippen LogP contribution in [0.2, 0.25) is 0 Å². The van der Waals surface area contributed by atoms with Crippen molar-refractivity contribution in [1.82, 2.24) is 9.88 Å². The molecule has 23 heavy (non-hydrogen) atoms. The number of piperidine rings is 1.